The largest absolute Gasteiger partial charge is 0.0654 e. The van der Waals surface area contributed by atoms with E-state index in [0.717, 1.165) is 34.5 Å². The third-order valence-electron chi connectivity index (χ3n) is 10.8. The molecule has 0 spiro atoms. The zero-order valence-electron chi connectivity index (χ0n) is 19.5. The van der Waals surface area contributed by atoms with Crippen LogP contribution < -0.4 is 0 Å². The van der Waals surface area contributed by atoms with E-state index in [2.05, 4.69) is 13.8 Å². The van der Waals surface area contributed by atoms with Gasteiger partial charge in [-0.25, -0.2) is 0 Å². The summed E-state index contributed by atoms with van der Waals surface area (Å²) in [5.74, 6) is 4.39. The lowest BCUT2D eigenvalue weighted by molar-refractivity contribution is -0.0680. The van der Waals surface area contributed by atoms with Crippen LogP contribution in [-0.4, -0.2) is 0 Å². The Kier molecular flexibility index (Phi) is 7.15. The fourth-order valence-electron chi connectivity index (χ4n) is 8.48. The van der Waals surface area contributed by atoms with Crippen LogP contribution in [0.15, 0.2) is 0 Å². The Bertz CT molecular complexity index is 436. The van der Waals surface area contributed by atoms with E-state index in [9.17, 15) is 0 Å². The summed E-state index contributed by atoms with van der Waals surface area (Å²) in [7, 11) is 0. The number of hydrogen-bond acceptors (Lipinski definition) is 0. The van der Waals surface area contributed by atoms with E-state index >= 15 is 0 Å². The number of hydrogen-bond donors (Lipinski definition) is 0. The summed E-state index contributed by atoms with van der Waals surface area (Å²) >= 11 is 0. The van der Waals surface area contributed by atoms with Crippen molar-refractivity contribution >= 4 is 0 Å². The van der Waals surface area contributed by atoms with Crippen molar-refractivity contribution in [3.63, 3.8) is 0 Å². The van der Waals surface area contributed by atoms with Crippen molar-refractivity contribution in [1.29, 1.82) is 0 Å². The standard InChI is InChI=1S/C28H50/c1-3-5-6-7-16-27-17-20-28(21-18-27,22-19-27)26-14-12-25(13-15-26)24-10-8-23(4-2)9-11-24/h23-26H,3-22H2,1-2H3/t23-,24-,25?,26?,27?,28?. The number of fused-ring (bicyclic) bond motifs is 3. The molecule has 5 aliphatic carbocycles. The first-order valence-electron chi connectivity index (χ1n) is 13.7. The van der Waals surface area contributed by atoms with Gasteiger partial charge in [-0.2, -0.15) is 0 Å². The Labute approximate surface area is 177 Å². The summed E-state index contributed by atoms with van der Waals surface area (Å²) < 4.78 is 0. The summed E-state index contributed by atoms with van der Waals surface area (Å²) in [6, 6.07) is 0. The van der Waals surface area contributed by atoms with E-state index in [4.69, 9.17) is 0 Å². The van der Waals surface area contributed by atoms with E-state index in [0.29, 0.717) is 0 Å². The maximum absolute atomic E-state index is 2.41. The molecule has 28 heavy (non-hydrogen) atoms. The molecule has 0 saturated heterocycles. The van der Waals surface area contributed by atoms with Gasteiger partial charge in [-0.15, -0.1) is 0 Å². The maximum Gasteiger partial charge on any atom is -0.0269 e. The summed E-state index contributed by atoms with van der Waals surface area (Å²) in [6.45, 7) is 4.75. The summed E-state index contributed by atoms with van der Waals surface area (Å²) in [6.07, 6.45) is 31.1. The predicted octanol–water partition coefficient (Wildman–Crippen LogP) is 9.32. The van der Waals surface area contributed by atoms with Crippen LogP contribution >= 0.6 is 0 Å². The van der Waals surface area contributed by atoms with Crippen molar-refractivity contribution in [3.05, 3.63) is 0 Å². The van der Waals surface area contributed by atoms with Gasteiger partial charge in [0.2, 0.25) is 0 Å². The fourth-order valence-corrected chi connectivity index (χ4v) is 8.48. The van der Waals surface area contributed by atoms with Crippen molar-refractivity contribution < 1.29 is 0 Å². The van der Waals surface area contributed by atoms with Crippen molar-refractivity contribution in [2.45, 2.75) is 142 Å². The number of unbranched alkanes of at least 4 members (excludes halogenated alkanes) is 3. The molecule has 0 unspecified atom stereocenters. The zero-order chi connectivity index (χ0) is 19.5. The third kappa shape index (κ3) is 4.51. The topological polar surface area (TPSA) is 0 Å². The van der Waals surface area contributed by atoms with Gasteiger partial charge in [0.1, 0.15) is 0 Å². The van der Waals surface area contributed by atoms with Gasteiger partial charge < -0.3 is 0 Å². The molecule has 2 bridgehead atoms. The van der Waals surface area contributed by atoms with Crippen LogP contribution in [0.3, 0.4) is 0 Å². The van der Waals surface area contributed by atoms with Crippen molar-refractivity contribution in [3.8, 4) is 0 Å². The highest BCUT2D eigenvalue weighted by atomic mass is 14.6. The van der Waals surface area contributed by atoms with Gasteiger partial charge in [-0.1, -0.05) is 58.8 Å². The Balaban J connectivity index is 1.23. The molecule has 0 heteroatoms. The lowest BCUT2D eigenvalue weighted by atomic mass is 9.47. The monoisotopic (exact) mass is 386 g/mol. The van der Waals surface area contributed by atoms with Gasteiger partial charge in [-0.05, 0) is 118 Å². The molecule has 0 aromatic rings. The second kappa shape index (κ2) is 9.43. The minimum absolute atomic E-state index is 0.796. The van der Waals surface area contributed by atoms with Gasteiger partial charge in [0.05, 0.1) is 0 Å². The zero-order valence-corrected chi connectivity index (χ0v) is 19.5. The molecular formula is C28H50. The number of rotatable bonds is 8. The van der Waals surface area contributed by atoms with Gasteiger partial charge in [-0.3, -0.25) is 0 Å². The van der Waals surface area contributed by atoms with Crippen LogP contribution in [0.2, 0.25) is 0 Å². The molecule has 5 rings (SSSR count). The van der Waals surface area contributed by atoms with Crippen LogP contribution in [0.4, 0.5) is 0 Å². The van der Waals surface area contributed by atoms with E-state index < -0.39 is 0 Å². The Morgan fingerprint density at radius 2 is 1.18 bits per heavy atom. The highest BCUT2D eigenvalue weighted by Gasteiger charge is 2.51. The normalized spacial score (nSPS) is 43.9. The molecule has 162 valence electrons. The van der Waals surface area contributed by atoms with Crippen LogP contribution in [0.5, 0.6) is 0 Å². The van der Waals surface area contributed by atoms with E-state index in [1.165, 1.54) is 32.1 Å². The molecule has 5 saturated carbocycles. The second-order valence-corrected chi connectivity index (χ2v) is 12.0. The molecule has 5 fully saturated rings. The Morgan fingerprint density at radius 1 is 0.607 bits per heavy atom. The first-order valence-corrected chi connectivity index (χ1v) is 13.7. The quantitative estimate of drug-likeness (QED) is 0.364. The molecule has 0 heterocycles. The highest BCUT2D eigenvalue weighted by Crippen LogP contribution is 2.63. The van der Waals surface area contributed by atoms with Gasteiger partial charge in [0.25, 0.3) is 0 Å². The average Bonchev–Trinajstić information content (AvgIpc) is 2.78. The molecule has 0 nitrogen and oxygen atoms in total. The van der Waals surface area contributed by atoms with Crippen molar-refractivity contribution in [1.82, 2.24) is 0 Å². The van der Waals surface area contributed by atoms with Gasteiger partial charge >= 0.3 is 0 Å². The van der Waals surface area contributed by atoms with Gasteiger partial charge in [0.15, 0.2) is 0 Å². The van der Waals surface area contributed by atoms with Crippen LogP contribution in [0.25, 0.3) is 0 Å². The highest BCUT2D eigenvalue weighted by molar-refractivity contribution is 5.03. The molecule has 0 aromatic carbocycles. The third-order valence-corrected chi connectivity index (χ3v) is 10.8. The molecule has 0 aromatic heterocycles. The molecule has 0 atom stereocenters. The molecule has 0 amide bonds. The smallest absolute Gasteiger partial charge is 0.0269 e. The summed E-state index contributed by atoms with van der Waals surface area (Å²) in [5, 5.41) is 0. The fraction of sp³-hybridized carbons (Fsp3) is 1.00. The van der Waals surface area contributed by atoms with E-state index in [-0.39, 0.29) is 0 Å². The van der Waals surface area contributed by atoms with Crippen LogP contribution in [-0.2, 0) is 0 Å². The molecule has 5 aliphatic rings. The molecule has 0 aliphatic heterocycles. The Morgan fingerprint density at radius 3 is 1.71 bits per heavy atom. The van der Waals surface area contributed by atoms with Crippen LogP contribution in [0.1, 0.15) is 142 Å². The molecule has 0 N–H and O–H groups in total. The maximum atomic E-state index is 2.41. The van der Waals surface area contributed by atoms with Crippen molar-refractivity contribution in [2.24, 2.45) is 34.5 Å². The SMILES string of the molecule is CCCCCCC12CCC(C3CCC([C@H]4CC[C@H](CC)CC4)CC3)(CC1)CC2. The summed E-state index contributed by atoms with van der Waals surface area (Å²) in [4.78, 5) is 0. The first-order chi connectivity index (χ1) is 13.7. The summed E-state index contributed by atoms with van der Waals surface area (Å²) in [5.41, 5.74) is 1.60. The van der Waals surface area contributed by atoms with Gasteiger partial charge in [0, 0.05) is 0 Å². The second-order valence-electron chi connectivity index (χ2n) is 12.0. The molecule has 0 radical (unpaired) electrons. The van der Waals surface area contributed by atoms with Crippen LogP contribution in [0, 0.1) is 34.5 Å². The lowest BCUT2D eigenvalue weighted by Gasteiger charge is -2.58. The Hall–Kier alpha value is 0. The van der Waals surface area contributed by atoms with Crippen molar-refractivity contribution in [2.75, 3.05) is 0 Å². The first kappa shape index (κ1) is 21.2. The minimum Gasteiger partial charge on any atom is -0.0654 e. The average molecular weight is 387 g/mol. The molecular weight excluding hydrogens is 336 g/mol. The minimum atomic E-state index is 0.796. The van der Waals surface area contributed by atoms with E-state index in [1.54, 1.807) is 96.3 Å². The predicted molar refractivity (Wildman–Crippen MR) is 123 cm³/mol. The lowest BCUT2D eigenvalue weighted by Crippen LogP contribution is -2.46. The van der Waals surface area contributed by atoms with E-state index in [1.807, 2.05) is 0 Å².